The lowest BCUT2D eigenvalue weighted by molar-refractivity contribution is -0.122. The van der Waals surface area contributed by atoms with Gasteiger partial charge in [-0.25, -0.2) is 9.69 Å². The van der Waals surface area contributed by atoms with E-state index in [1.807, 2.05) is 55.5 Å². The summed E-state index contributed by atoms with van der Waals surface area (Å²) >= 11 is 6.87. The summed E-state index contributed by atoms with van der Waals surface area (Å²) in [6.07, 6.45) is 1.37. The standard InChI is InChI=1S/C33H25Br2N3O6/c1-20-6-5-9-23(14-20)36-29(39)19-44-30-27(34)16-22(17-28(30)35)15-26-31(40)37-33(42)38(32(26)41)24-10-12-25(13-11-24)43-18-21-7-3-2-4-8-21/h2-17H,18-19H2,1H3,(H,36,39)(H,37,40,42)/b26-15-. The van der Waals surface area contributed by atoms with Gasteiger partial charge >= 0.3 is 6.03 Å². The number of halogens is 2. The molecule has 1 heterocycles. The molecule has 1 aliphatic heterocycles. The Morgan fingerprint density at radius 2 is 1.59 bits per heavy atom. The molecule has 4 aromatic carbocycles. The van der Waals surface area contributed by atoms with Crippen molar-refractivity contribution in [3.63, 3.8) is 0 Å². The van der Waals surface area contributed by atoms with E-state index in [0.29, 0.717) is 38.3 Å². The molecule has 0 radical (unpaired) electrons. The third-order valence-corrected chi connectivity index (χ3v) is 7.60. The van der Waals surface area contributed by atoms with Crippen molar-refractivity contribution in [1.82, 2.24) is 5.32 Å². The molecule has 1 fully saturated rings. The van der Waals surface area contributed by atoms with Crippen molar-refractivity contribution in [3.05, 3.63) is 122 Å². The quantitative estimate of drug-likeness (QED) is 0.146. The van der Waals surface area contributed by atoms with Crippen LogP contribution in [0.1, 0.15) is 16.7 Å². The average Bonchev–Trinajstić information content (AvgIpc) is 2.99. The van der Waals surface area contributed by atoms with E-state index in [2.05, 4.69) is 42.5 Å². The molecule has 9 nitrogen and oxygen atoms in total. The first-order chi connectivity index (χ1) is 21.2. The van der Waals surface area contributed by atoms with Gasteiger partial charge in [-0.05, 0) is 110 Å². The van der Waals surface area contributed by atoms with Crippen LogP contribution < -0.4 is 25.0 Å². The van der Waals surface area contributed by atoms with Gasteiger partial charge in [0.1, 0.15) is 23.7 Å². The van der Waals surface area contributed by atoms with Crippen molar-refractivity contribution in [2.45, 2.75) is 13.5 Å². The molecule has 0 atom stereocenters. The molecule has 0 unspecified atom stereocenters. The maximum atomic E-state index is 13.4. The first-order valence-electron chi connectivity index (χ1n) is 13.3. The summed E-state index contributed by atoms with van der Waals surface area (Å²) in [5.41, 5.74) is 3.18. The van der Waals surface area contributed by atoms with Gasteiger partial charge in [-0.15, -0.1) is 0 Å². The monoisotopic (exact) mass is 717 g/mol. The Bertz CT molecular complexity index is 1750. The number of nitrogens with zero attached hydrogens (tertiary/aromatic N) is 1. The van der Waals surface area contributed by atoms with Crippen LogP contribution in [0.4, 0.5) is 16.2 Å². The van der Waals surface area contributed by atoms with E-state index in [1.54, 1.807) is 42.5 Å². The van der Waals surface area contributed by atoms with Crippen LogP contribution in [-0.2, 0) is 21.0 Å². The molecular formula is C33H25Br2N3O6. The molecule has 5 amide bonds. The van der Waals surface area contributed by atoms with Crippen LogP contribution in [0.15, 0.2) is 106 Å². The van der Waals surface area contributed by atoms with Gasteiger partial charge in [0.25, 0.3) is 17.7 Å². The lowest BCUT2D eigenvalue weighted by atomic mass is 10.1. The number of hydrogen-bond donors (Lipinski definition) is 2. The van der Waals surface area contributed by atoms with Gasteiger partial charge in [-0.1, -0.05) is 42.5 Å². The third kappa shape index (κ3) is 7.42. The smallest absolute Gasteiger partial charge is 0.335 e. The Labute approximate surface area is 270 Å². The molecule has 4 aromatic rings. The fourth-order valence-corrected chi connectivity index (χ4v) is 5.80. The highest BCUT2D eigenvalue weighted by Crippen LogP contribution is 2.36. The van der Waals surface area contributed by atoms with Gasteiger partial charge in [0.2, 0.25) is 0 Å². The number of carbonyl (C=O) groups excluding carboxylic acids is 4. The number of aryl methyl sites for hydroxylation is 1. The molecule has 5 rings (SSSR count). The van der Waals surface area contributed by atoms with Crippen LogP contribution in [0, 0.1) is 6.92 Å². The van der Waals surface area contributed by atoms with Crippen LogP contribution in [-0.4, -0.2) is 30.4 Å². The molecule has 0 spiro atoms. The summed E-state index contributed by atoms with van der Waals surface area (Å²) in [7, 11) is 0. The zero-order valence-corrected chi connectivity index (χ0v) is 26.5. The minimum absolute atomic E-state index is 0.237. The summed E-state index contributed by atoms with van der Waals surface area (Å²) in [6, 6.07) is 25.9. The second-order valence-electron chi connectivity index (χ2n) is 9.75. The molecule has 44 heavy (non-hydrogen) atoms. The predicted molar refractivity (Wildman–Crippen MR) is 173 cm³/mol. The van der Waals surface area contributed by atoms with Gasteiger partial charge < -0.3 is 14.8 Å². The molecule has 0 aromatic heterocycles. The third-order valence-electron chi connectivity index (χ3n) is 6.43. The number of ether oxygens (including phenoxy) is 2. The second-order valence-corrected chi connectivity index (χ2v) is 11.5. The number of hydrogen-bond acceptors (Lipinski definition) is 6. The Morgan fingerprint density at radius 1 is 0.886 bits per heavy atom. The highest BCUT2D eigenvalue weighted by atomic mass is 79.9. The topological polar surface area (TPSA) is 114 Å². The fourth-order valence-electron chi connectivity index (χ4n) is 4.35. The van der Waals surface area contributed by atoms with Crippen LogP contribution in [0.2, 0.25) is 0 Å². The van der Waals surface area contributed by atoms with E-state index in [-0.39, 0.29) is 23.8 Å². The van der Waals surface area contributed by atoms with Gasteiger partial charge in [-0.3, -0.25) is 19.7 Å². The molecule has 11 heteroatoms. The Morgan fingerprint density at radius 3 is 2.27 bits per heavy atom. The largest absolute Gasteiger partial charge is 0.489 e. The summed E-state index contributed by atoms with van der Waals surface area (Å²) in [5.74, 6) is -1.03. The van der Waals surface area contributed by atoms with Crippen molar-refractivity contribution < 1.29 is 28.7 Å². The average molecular weight is 719 g/mol. The van der Waals surface area contributed by atoms with Crippen LogP contribution >= 0.6 is 31.9 Å². The van der Waals surface area contributed by atoms with E-state index in [0.717, 1.165) is 16.0 Å². The minimum atomic E-state index is -0.856. The van der Waals surface area contributed by atoms with Gasteiger partial charge in [0, 0.05) is 5.69 Å². The summed E-state index contributed by atoms with van der Waals surface area (Å²) in [5, 5.41) is 5.00. The Kier molecular flexibility index (Phi) is 9.56. The highest BCUT2D eigenvalue weighted by Gasteiger charge is 2.37. The minimum Gasteiger partial charge on any atom is -0.489 e. The molecule has 0 saturated carbocycles. The first kappa shape index (κ1) is 30.7. The number of carbonyl (C=O) groups is 4. The molecule has 0 bridgehead atoms. The molecular weight excluding hydrogens is 694 g/mol. The normalized spacial score (nSPS) is 13.9. The number of urea groups is 1. The van der Waals surface area contributed by atoms with Gasteiger partial charge in [-0.2, -0.15) is 0 Å². The molecule has 1 aliphatic rings. The number of nitrogens with one attached hydrogen (secondary N) is 2. The second kappa shape index (κ2) is 13.7. The van der Waals surface area contributed by atoms with Gasteiger partial charge in [0.15, 0.2) is 6.61 Å². The van der Waals surface area contributed by atoms with Crippen LogP contribution in [0.3, 0.4) is 0 Å². The zero-order chi connectivity index (χ0) is 31.2. The number of imide groups is 2. The van der Waals surface area contributed by atoms with Crippen molar-refractivity contribution in [1.29, 1.82) is 0 Å². The highest BCUT2D eigenvalue weighted by molar-refractivity contribution is 9.11. The van der Waals surface area contributed by atoms with Crippen molar-refractivity contribution in [3.8, 4) is 11.5 Å². The van der Waals surface area contributed by atoms with E-state index >= 15 is 0 Å². The number of anilines is 2. The molecule has 222 valence electrons. The molecule has 2 N–H and O–H groups in total. The van der Waals surface area contributed by atoms with Crippen molar-refractivity contribution in [2.75, 3.05) is 16.8 Å². The number of barbiturate groups is 1. The molecule has 0 aliphatic carbocycles. The zero-order valence-electron chi connectivity index (χ0n) is 23.3. The maximum absolute atomic E-state index is 13.4. The Balaban J connectivity index is 1.28. The SMILES string of the molecule is Cc1cccc(NC(=O)COc2c(Br)cc(/C=C3/C(=O)NC(=O)N(c4ccc(OCc5ccccc5)cc4)C3=O)cc2Br)c1. The van der Waals surface area contributed by atoms with Crippen molar-refractivity contribution >= 4 is 73.1 Å². The maximum Gasteiger partial charge on any atom is 0.335 e. The Hall–Kier alpha value is -4.74. The van der Waals surface area contributed by atoms with E-state index in [1.165, 1.54) is 6.08 Å². The first-order valence-corrected chi connectivity index (χ1v) is 14.9. The van der Waals surface area contributed by atoms with E-state index < -0.39 is 17.8 Å². The van der Waals surface area contributed by atoms with Crippen LogP contribution in [0.25, 0.3) is 6.08 Å². The van der Waals surface area contributed by atoms with Crippen molar-refractivity contribution in [2.24, 2.45) is 0 Å². The summed E-state index contributed by atoms with van der Waals surface area (Å²) in [4.78, 5) is 52.1. The lowest BCUT2D eigenvalue weighted by Gasteiger charge is -2.26. The summed E-state index contributed by atoms with van der Waals surface area (Å²) in [6.45, 7) is 2.04. The molecule has 1 saturated heterocycles. The van der Waals surface area contributed by atoms with Gasteiger partial charge in [0.05, 0.1) is 14.6 Å². The number of amides is 5. The number of benzene rings is 4. The summed E-state index contributed by atoms with van der Waals surface area (Å²) < 4.78 is 12.5. The fraction of sp³-hybridized carbons (Fsp3) is 0.0909. The number of rotatable bonds is 9. The van der Waals surface area contributed by atoms with E-state index in [9.17, 15) is 19.2 Å². The lowest BCUT2D eigenvalue weighted by Crippen LogP contribution is -2.54. The van der Waals surface area contributed by atoms with E-state index in [4.69, 9.17) is 9.47 Å². The predicted octanol–water partition coefficient (Wildman–Crippen LogP) is 6.78. The van der Waals surface area contributed by atoms with Crippen LogP contribution in [0.5, 0.6) is 11.5 Å².